The summed E-state index contributed by atoms with van der Waals surface area (Å²) in [6.45, 7) is 5.77. The van der Waals surface area contributed by atoms with Gasteiger partial charge in [0, 0.05) is 38.5 Å². The molecule has 5 nitrogen and oxygen atoms in total. The maximum Gasteiger partial charge on any atom is 0.243 e. The molecule has 0 amide bonds. The van der Waals surface area contributed by atoms with Crippen molar-refractivity contribution in [3.8, 4) is 6.07 Å². The van der Waals surface area contributed by atoms with Crippen LogP contribution in [0.25, 0.3) is 0 Å². The van der Waals surface area contributed by atoms with Gasteiger partial charge in [0.15, 0.2) is 0 Å². The number of nitriles is 1. The van der Waals surface area contributed by atoms with Crippen LogP contribution in [-0.4, -0.2) is 61.9 Å². The Morgan fingerprint density at radius 2 is 1.82 bits per heavy atom. The van der Waals surface area contributed by atoms with E-state index in [9.17, 15) is 8.42 Å². The SMILES string of the molecule is CCSCCN1CCN(S(=O)(=O)c2ccc(C#N)cc2)CC1. The molecule has 0 saturated carbocycles. The Hall–Kier alpha value is -1.07. The molecule has 0 aliphatic carbocycles. The molecule has 1 aromatic carbocycles. The van der Waals surface area contributed by atoms with Crippen molar-refractivity contribution in [1.82, 2.24) is 9.21 Å². The Labute approximate surface area is 137 Å². The zero-order chi connectivity index (χ0) is 16.0. The molecule has 120 valence electrons. The molecular formula is C15H21N3O2S2. The van der Waals surface area contributed by atoms with Gasteiger partial charge >= 0.3 is 0 Å². The van der Waals surface area contributed by atoms with Gasteiger partial charge in [-0.2, -0.15) is 21.3 Å². The first kappa shape index (κ1) is 17.3. The molecule has 1 heterocycles. The van der Waals surface area contributed by atoms with Crippen LogP contribution in [0.4, 0.5) is 0 Å². The number of thioether (sulfide) groups is 1. The molecule has 0 atom stereocenters. The van der Waals surface area contributed by atoms with E-state index in [1.165, 1.54) is 16.4 Å². The van der Waals surface area contributed by atoms with E-state index < -0.39 is 10.0 Å². The quantitative estimate of drug-likeness (QED) is 0.737. The number of nitrogens with zero attached hydrogens (tertiary/aromatic N) is 3. The highest BCUT2D eigenvalue weighted by Gasteiger charge is 2.28. The van der Waals surface area contributed by atoms with Crippen LogP contribution in [0.2, 0.25) is 0 Å². The van der Waals surface area contributed by atoms with Crippen molar-refractivity contribution in [3.05, 3.63) is 29.8 Å². The molecule has 0 unspecified atom stereocenters. The molecule has 2 rings (SSSR count). The number of rotatable bonds is 6. The minimum absolute atomic E-state index is 0.265. The van der Waals surface area contributed by atoms with E-state index in [1.807, 2.05) is 17.8 Å². The monoisotopic (exact) mass is 339 g/mol. The number of benzene rings is 1. The highest BCUT2D eigenvalue weighted by Crippen LogP contribution is 2.18. The Morgan fingerprint density at radius 3 is 2.36 bits per heavy atom. The zero-order valence-electron chi connectivity index (χ0n) is 12.7. The standard InChI is InChI=1S/C15H21N3O2S2/c1-2-21-12-11-17-7-9-18(10-8-17)22(19,20)15-5-3-14(13-16)4-6-15/h3-6H,2,7-12H2,1H3. The summed E-state index contributed by atoms with van der Waals surface area (Å²) in [6.07, 6.45) is 0. The number of hydrogen-bond acceptors (Lipinski definition) is 5. The third-order valence-corrected chi connectivity index (χ3v) is 6.50. The van der Waals surface area contributed by atoms with Gasteiger partial charge in [0.05, 0.1) is 16.5 Å². The van der Waals surface area contributed by atoms with Crippen LogP contribution in [0.15, 0.2) is 29.2 Å². The fourth-order valence-corrected chi connectivity index (χ4v) is 4.48. The summed E-state index contributed by atoms with van der Waals surface area (Å²) in [5.74, 6) is 2.21. The first-order valence-electron chi connectivity index (χ1n) is 7.38. The zero-order valence-corrected chi connectivity index (χ0v) is 14.4. The average Bonchev–Trinajstić information content (AvgIpc) is 2.55. The Morgan fingerprint density at radius 1 is 1.18 bits per heavy atom. The fraction of sp³-hybridized carbons (Fsp3) is 0.533. The van der Waals surface area contributed by atoms with Crippen molar-refractivity contribution < 1.29 is 8.42 Å². The smallest absolute Gasteiger partial charge is 0.243 e. The lowest BCUT2D eigenvalue weighted by Crippen LogP contribution is -2.49. The number of hydrogen-bond donors (Lipinski definition) is 0. The molecule has 1 aromatic rings. The van der Waals surface area contributed by atoms with E-state index in [-0.39, 0.29) is 4.90 Å². The highest BCUT2D eigenvalue weighted by molar-refractivity contribution is 7.99. The van der Waals surface area contributed by atoms with Crippen molar-refractivity contribution in [3.63, 3.8) is 0 Å². The van der Waals surface area contributed by atoms with Crippen LogP contribution >= 0.6 is 11.8 Å². The molecule has 22 heavy (non-hydrogen) atoms. The molecule has 0 aromatic heterocycles. The summed E-state index contributed by atoms with van der Waals surface area (Å²) in [4.78, 5) is 2.58. The number of piperazine rings is 1. The van der Waals surface area contributed by atoms with Gasteiger partial charge < -0.3 is 0 Å². The van der Waals surface area contributed by atoms with Gasteiger partial charge in [-0.1, -0.05) is 6.92 Å². The second-order valence-corrected chi connectivity index (χ2v) is 8.41. The molecule has 1 fully saturated rings. The van der Waals surface area contributed by atoms with Crippen molar-refractivity contribution in [2.45, 2.75) is 11.8 Å². The normalized spacial score (nSPS) is 17.3. The van der Waals surface area contributed by atoms with Gasteiger partial charge in [0.25, 0.3) is 0 Å². The van der Waals surface area contributed by atoms with Crippen LogP contribution in [-0.2, 0) is 10.0 Å². The third-order valence-electron chi connectivity index (χ3n) is 3.71. The summed E-state index contributed by atoms with van der Waals surface area (Å²) in [6, 6.07) is 8.12. The predicted molar refractivity (Wildman–Crippen MR) is 89.4 cm³/mol. The van der Waals surface area contributed by atoms with E-state index in [2.05, 4.69) is 11.8 Å². The summed E-state index contributed by atoms with van der Waals surface area (Å²) < 4.78 is 26.7. The second-order valence-electron chi connectivity index (χ2n) is 5.08. The lowest BCUT2D eigenvalue weighted by Gasteiger charge is -2.33. The Balaban J connectivity index is 1.95. The van der Waals surface area contributed by atoms with Crippen LogP contribution in [0.1, 0.15) is 12.5 Å². The topological polar surface area (TPSA) is 64.4 Å². The second kappa shape index (κ2) is 7.97. The van der Waals surface area contributed by atoms with E-state index in [4.69, 9.17) is 5.26 Å². The molecule has 0 bridgehead atoms. The minimum Gasteiger partial charge on any atom is -0.300 e. The van der Waals surface area contributed by atoms with Gasteiger partial charge in [0.1, 0.15) is 0 Å². The van der Waals surface area contributed by atoms with Gasteiger partial charge in [0.2, 0.25) is 10.0 Å². The molecule has 1 saturated heterocycles. The molecule has 1 aliphatic rings. The van der Waals surface area contributed by atoms with E-state index in [1.54, 1.807) is 12.1 Å². The van der Waals surface area contributed by atoms with E-state index >= 15 is 0 Å². The van der Waals surface area contributed by atoms with Crippen LogP contribution < -0.4 is 0 Å². The van der Waals surface area contributed by atoms with Gasteiger partial charge in [-0.25, -0.2) is 8.42 Å². The van der Waals surface area contributed by atoms with Crippen molar-refractivity contribution >= 4 is 21.8 Å². The molecule has 1 aliphatic heterocycles. The third kappa shape index (κ3) is 4.23. The summed E-state index contributed by atoms with van der Waals surface area (Å²) >= 11 is 1.91. The van der Waals surface area contributed by atoms with Crippen molar-refractivity contribution in [1.29, 1.82) is 5.26 Å². The predicted octanol–water partition coefficient (Wildman–Crippen LogP) is 1.62. The first-order chi connectivity index (χ1) is 10.6. The van der Waals surface area contributed by atoms with Gasteiger partial charge in [-0.05, 0) is 30.0 Å². The van der Waals surface area contributed by atoms with Gasteiger partial charge in [-0.15, -0.1) is 0 Å². The summed E-state index contributed by atoms with van der Waals surface area (Å²) in [5.41, 5.74) is 0.470. The summed E-state index contributed by atoms with van der Waals surface area (Å²) in [7, 11) is -3.44. The fourth-order valence-electron chi connectivity index (χ4n) is 2.38. The Bertz CT molecular complexity index is 615. The van der Waals surface area contributed by atoms with Crippen LogP contribution in [0, 0.1) is 11.3 Å². The molecule has 0 N–H and O–H groups in total. The lowest BCUT2D eigenvalue weighted by atomic mass is 10.2. The number of sulfonamides is 1. The Kier molecular flexibility index (Phi) is 6.26. The van der Waals surface area contributed by atoms with Crippen molar-refractivity contribution in [2.75, 3.05) is 44.2 Å². The molecule has 0 spiro atoms. The molecular weight excluding hydrogens is 318 g/mol. The van der Waals surface area contributed by atoms with E-state index in [0.29, 0.717) is 18.7 Å². The molecule has 0 radical (unpaired) electrons. The largest absolute Gasteiger partial charge is 0.300 e. The maximum absolute atomic E-state index is 12.6. The van der Waals surface area contributed by atoms with Gasteiger partial charge in [-0.3, -0.25) is 4.90 Å². The summed E-state index contributed by atoms with van der Waals surface area (Å²) in [5, 5.41) is 8.78. The lowest BCUT2D eigenvalue weighted by molar-refractivity contribution is 0.197. The van der Waals surface area contributed by atoms with Crippen molar-refractivity contribution in [2.24, 2.45) is 0 Å². The van der Waals surface area contributed by atoms with Crippen LogP contribution in [0.3, 0.4) is 0 Å². The first-order valence-corrected chi connectivity index (χ1v) is 9.98. The average molecular weight is 339 g/mol. The van der Waals surface area contributed by atoms with E-state index in [0.717, 1.165) is 31.1 Å². The maximum atomic E-state index is 12.6. The highest BCUT2D eigenvalue weighted by atomic mass is 32.2. The minimum atomic E-state index is -3.44. The van der Waals surface area contributed by atoms with Crippen LogP contribution in [0.5, 0.6) is 0 Å². The molecule has 7 heteroatoms.